The van der Waals surface area contributed by atoms with Gasteiger partial charge in [0.2, 0.25) is 0 Å². The van der Waals surface area contributed by atoms with E-state index in [0.29, 0.717) is 18.8 Å². The number of ether oxygens (including phenoxy) is 1. The number of H-pyrrole nitrogens is 2. The van der Waals surface area contributed by atoms with Crippen LogP contribution in [0.5, 0.6) is 5.75 Å². The van der Waals surface area contributed by atoms with Gasteiger partial charge in [0.1, 0.15) is 11.4 Å². The normalized spacial score (nSPS) is 14.9. The Balaban J connectivity index is 1.48. The first-order chi connectivity index (χ1) is 12.6. The number of nitrogens with one attached hydrogen (secondary N) is 2. The van der Waals surface area contributed by atoms with Gasteiger partial charge in [-0.05, 0) is 32.0 Å². The van der Waals surface area contributed by atoms with Gasteiger partial charge in [-0.3, -0.25) is 9.89 Å². The number of aromatic amines is 2. The molecule has 0 atom stereocenters. The van der Waals surface area contributed by atoms with E-state index in [-0.39, 0.29) is 5.91 Å². The van der Waals surface area contributed by atoms with Crippen LogP contribution in [0.1, 0.15) is 21.9 Å². The molecule has 0 radical (unpaired) electrons. The summed E-state index contributed by atoms with van der Waals surface area (Å²) in [6.45, 7) is 7.05. The molecule has 1 aromatic carbocycles. The van der Waals surface area contributed by atoms with Gasteiger partial charge in [-0.2, -0.15) is 5.10 Å². The molecular weight excluding hydrogens is 330 g/mol. The van der Waals surface area contributed by atoms with Gasteiger partial charge >= 0.3 is 0 Å². The number of aromatic nitrogens is 3. The molecule has 136 valence electrons. The molecule has 3 heterocycles. The maximum atomic E-state index is 12.9. The van der Waals surface area contributed by atoms with E-state index >= 15 is 0 Å². The van der Waals surface area contributed by atoms with Crippen molar-refractivity contribution >= 4 is 22.5 Å². The molecule has 1 fully saturated rings. The zero-order valence-electron chi connectivity index (χ0n) is 15.3. The number of hydrogen-bond donors (Lipinski definition) is 2. The average Bonchev–Trinajstić information content (AvgIpc) is 3.23. The Morgan fingerprint density at radius 2 is 1.92 bits per heavy atom. The summed E-state index contributed by atoms with van der Waals surface area (Å²) >= 11 is 0. The first-order valence-corrected chi connectivity index (χ1v) is 8.79. The zero-order valence-corrected chi connectivity index (χ0v) is 15.3. The molecule has 1 amide bonds. The van der Waals surface area contributed by atoms with E-state index in [9.17, 15) is 4.79 Å². The van der Waals surface area contributed by atoms with E-state index in [1.165, 1.54) is 0 Å². The molecule has 1 aliphatic rings. The summed E-state index contributed by atoms with van der Waals surface area (Å²) in [5.41, 5.74) is 4.78. The molecule has 7 nitrogen and oxygen atoms in total. The maximum Gasteiger partial charge on any atom is 0.270 e. The summed E-state index contributed by atoms with van der Waals surface area (Å²) in [6, 6.07) is 7.69. The van der Waals surface area contributed by atoms with Crippen LogP contribution in [-0.4, -0.2) is 59.3 Å². The third-order valence-electron chi connectivity index (χ3n) is 5.03. The second-order valence-corrected chi connectivity index (χ2v) is 6.70. The van der Waals surface area contributed by atoms with Crippen LogP contribution in [0.2, 0.25) is 0 Å². The van der Waals surface area contributed by atoms with Crippen molar-refractivity contribution in [2.24, 2.45) is 0 Å². The summed E-state index contributed by atoms with van der Waals surface area (Å²) in [5, 5.41) is 8.31. The van der Waals surface area contributed by atoms with Crippen LogP contribution in [-0.2, 0) is 0 Å². The third-order valence-corrected chi connectivity index (χ3v) is 5.03. The van der Waals surface area contributed by atoms with Crippen LogP contribution in [0, 0.1) is 13.8 Å². The highest BCUT2D eigenvalue weighted by Crippen LogP contribution is 2.25. The number of fused-ring (bicyclic) bond motifs is 1. The second kappa shape index (κ2) is 6.40. The summed E-state index contributed by atoms with van der Waals surface area (Å²) in [6.07, 6.45) is 0. The summed E-state index contributed by atoms with van der Waals surface area (Å²) in [5.74, 6) is 0.818. The molecular formula is C19H23N5O2. The van der Waals surface area contributed by atoms with Gasteiger partial charge in [-0.1, -0.05) is 0 Å². The fourth-order valence-corrected chi connectivity index (χ4v) is 3.66. The van der Waals surface area contributed by atoms with Gasteiger partial charge in [-0.15, -0.1) is 0 Å². The Labute approximate surface area is 151 Å². The standard InChI is InChI=1S/C19H23N5O2/c1-12-18(13(2)22-21-12)23-6-8-24(9-7-23)19(25)17-10-14-4-5-15(26-3)11-16(14)20-17/h4-5,10-11,20H,6-9H2,1-3H3,(H,21,22). The SMILES string of the molecule is COc1ccc2cc(C(=O)N3CCN(c4c(C)n[nH]c4C)CC3)[nH]c2c1. The van der Waals surface area contributed by atoms with Gasteiger partial charge < -0.3 is 19.5 Å². The average molecular weight is 353 g/mol. The topological polar surface area (TPSA) is 77.2 Å². The number of carbonyl (C=O) groups excluding carboxylic acids is 1. The monoisotopic (exact) mass is 353 g/mol. The molecule has 7 heteroatoms. The molecule has 2 N–H and O–H groups in total. The van der Waals surface area contributed by atoms with Crippen molar-refractivity contribution in [1.29, 1.82) is 0 Å². The van der Waals surface area contributed by atoms with Crippen molar-refractivity contribution in [2.45, 2.75) is 13.8 Å². The summed E-state index contributed by atoms with van der Waals surface area (Å²) in [7, 11) is 1.64. The van der Waals surface area contributed by atoms with Crippen LogP contribution >= 0.6 is 0 Å². The fourth-order valence-electron chi connectivity index (χ4n) is 3.66. The number of benzene rings is 1. The lowest BCUT2D eigenvalue weighted by atomic mass is 10.2. The number of nitrogens with zero attached hydrogens (tertiary/aromatic N) is 3. The first-order valence-electron chi connectivity index (χ1n) is 8.79. The molecule has 0 unspecified atom stereocenters. The highest BCUT2D eigenvalue weighted by Gasteiger charge is 2.25. The number of methoxy groups -OCH3 is 1. The summed E-state index contributed by atoms with van der Waals surface area (Å²) in [4.78, 5) is 20.3. The van der Waals surface area contributed by atoms with E-state index < -0.39 is 0 Å². The fraction of sp³-hybridized carbons (Fsp3) is 0.368. The van der Waals surface area contributed by atoms with Crippen molar-refractivity contribution in [3.8, 4) is 5.75 Å². The molecule has 1 saturated heterocycles. The molecule has 1 aliphatic heterocycles. The number of anilines is 1. The number of rotatable bonds is 3. The molecule has 0 saturated carbocycles. The van der Waals surface area contributed by atoms with E-state index in [2.05, 4.69) is 20.1 Å². The van der Waals surface area contributed by atoms with Crippen molar-refractivity contribution < 1.29 is 9.53 Å². The molecule has 3 aromatic rings. The Morgan fingerprint density at radius 1 is 1.15 bits per heavy atom. The van der Waals surface area contributed by atoms with Crippen LogP contribution < -0.4 is 9.64 Å². The second-order valence-electron chi connectivity index (χ2n) is 6.70. The number of carbonyl (C=O) groups is 1. The lowest BCUT2D eigenvalue weighted by Gasteiger charge is -2.36. The molecule has 0 aliphatic carbocycles. The van der Waals surface area contributed by atoms with Crippen molar-refractivity contribution in [2.75, 3.05) is 38.2 Å². The van der Waals surface area contributed by atoms with Crippen LogP contribution in [0.4, 0.5) is 5.69 Å². The minimum Gasteiger partial charge on any atom is -0.497 e. The maximum absolute atomic E-state index is 12.9. The number of hydrogen-bond acceptors (Lipinski definition) is 4. The Morgan fingerprint density at radius 3 is 2.58 bits per heavy atom. The first kappa shape index (κ1) is 16.5. The predicted octanol–water partition coefficient (Wildman–Crippen LogP) is 2.48. The van der Waals surface area contributed by atoms with Gasteiger partial charge in [-0.25, -0.2) is 0 Å². The van der Waals surface area contributed by atoms with Crippen molar-refractivity contribution in [1.82, 2.24) is 20.1 Å². The van der Waals surface area contributed by atoms with Gasteiger partial charge in [0, 0.05) is 43.1 Å². The van der Waals surface area contributed by atoms with Crippen LogP contribution in [0.15, 0.2) is 24.3 Å². The molecule has 0 bridgehead atoms. The lowest BCUT2D eigenvalue weighted by Crippen LogP contribution is -2.49. The third kappa shape index (κ3) is 2.79. The van der Waals surface area contributed by atoms with Gasteiger partial charge in [0.05, 0.1) is 24.2 Å². The van der Waals surface area contributed by atoms with Crippen molar-refractivity contribution in [3.63, 3.8) is 0 Å². The van der Waals surface area contributed by atoms with Gasteiger partial charge in [0.15, 0.2) is 0 Å². The lowest BCUT2D eigenvalue weighted by molar-refractivity contribution is 0.0742. The number of piperazine rings is 1. The summed E-state index contributed by atoms with van der Waals surface area (Å²) < 4.78 is 5.25. The Hall–Kier alpha value is -2.96. The van der Waals surface area contributed by atoms with Crippen molar-refractivity contribution in [3.05, 3.63) is 41.3 Å². The largest absolute Gasteiger partial charge is 0.497 e. The molecule has 26 heavy (non-hydrogen) atoms. The Bertz CT molecular complexity index is 931. The van der Waals surface area contributed by atoms with E-state index in [4.69, 9.17) is 4.74 Å². The van der Waals surface area contributed by atoms with Gasteiger partial charge in [0.25, 0.3) is 5.91 Å². The highest BCUT2D eigenvalue weighted by atomic mass is 16.5. The molecule has 2 aromatic heterocycles. The van der Waals surface area contributed by atoms with Crippen LogP contribution in [0.3, 0.4) is 0 Å². The number of aryl methyl sites for hydroxylation is 2. The van der Waals surface area contributed by atoms with E-state index in [0.717, 1.165) is 46.8 Å². The zero-order chi connectivity index (χ0) is 18.3. The predicted molar refractivity (Wildman–Crippen MR) is 101 cm³/mol. The van der Waals surface area contributed by atoms with E-state index in [1.807, 2.05) is 43.0 Å². The smallest absolute Gasteiger partial charge is 0.270 e. The Kier molecular flexibility index (Phi) is 4.06. The highest BCUT2D eigenvalue weighted by molar-refractivity contribution is 5.98. The van der Waals surface area contributed by atoms with E-state index in [1.54, 1.807) is 7.11 Å². The minimum atomic E-state index is 0.0421. The minimum absolute atomic E-state index is 0.0421. The van der Waals surface area contributed by atoms with Crippen LogP contribution in [0.25, 0.3) is 10.9 Å². The number of amides is 1. The molecule has 0 spiro atoms. The molecule has 4 rings (SSSR count). The quantitative estimate of drug-likeness (QED) is 0.758.